The second-order valence-electron chi connectivity index (χ2n) is 3.98. The van der Waals surface area contributed by atoms with E-state index in [-0.39, 0.29) is 5.75 Å². The minimum absolute atomic E-state index is 0.182. The van der Waals surface area contributed by atoms with Crippen molar-refractivity contribution >= 4 is 41.3 Å². The van der Waals surface area contributed by atoms with Crippen molar-refractivity contribution < 1.29 is 9.84 Å². The summed E-state index contributed by atoms with van der Waals surface area (Å²) in [5.41, 5.74) is 0.716. The van der Waals surface area contributed by atoms with Crippen LogP contribution in [0.1, 0.15) is 0 Å². The summed E-state index contributed by atoms with van der Waals surface area (Å²) >= 11 is 7.28. The standard InChI is InChI=1S/C14H9ClN2O2S/c15-9-1-6-13-12(7-9)17-14(8-16-20-13)19-11-4-2-10(18)3-5-11/h1-8,18H. The maximum atomic E-state index is 9.24. The van der Waals surface area contributed by atoms with E-state index in [2.05, 4.69) is 9.39 Å². The van der Waals surface area contributed by atoms with Gasteiger partial charge >= 0.3 is 0 Å². The largest absolute Gasteiger partial charge is 0.508 e. The molecule has 4 nitrogen and oxygen atoms in total. The zero-order valence-corrected chi connectivity index (χ0v) is 11.7. The Bertz CT molecular complexity index is 699. The van der Waals surface area contributed by atoms with Crippen LogP contribution in [-0.2, 0) is 0 Å². The highest BCUT2D eigenvalue weighted by Crippen LogP contribution is 2.34. The van der Waals surface area contributed by atoms with Gasteiger partial charge in [0.05, 0.1) is 16.8 Å². The molecule has 0 bridgehead atoms. The average Bonchev–Trinajstić information content (AvgIpc) is 2.62. The van der Waals surface area contributed by atoms with Gasteiger partial charge in [-0.25, -0.2) is 9.39 Å². The number of hydrogen-bond acceptors (Lipinski definition) is 5. The molecule has 3 rings (SSSR count). The molecule has 6 heteroatoms. The number of aromatic hydroxyl groups is 1. The molecule has 1 heterocycles. The van der Waals surface area contributed by atoms with Crippen LogP contribution >= 0.6 is 23.5 Å². The second kappa shape index (κ2) is 5.56. The maximum Gasteiger partial charge on any atom is 0.239 e. The van der Waals surface area contributed by atoms with Gasteiger partial charge in [0.2, 0.25) is 5.90 Å². The minimum atomic E-state index is 0.182. The van der Waals surface area contributed by atoms with E-state index in [1.165, 1.54) is 11.9 Å². The van der Waals surface area contributed by atoms with E-state index in [1.54, 1.807) is 42.6 Å². The summed E-state index contributed by atoms with van der Waals surface area (Å²) in [6.45, 7) is 0. The van der Waals surface area contributed by atoms with Gasteiger partial charge in [-0.15, -0.1) is 0 Å². The highest BCUT2D eigenvalue weighted by molar-refractivity contribution is 7.98. The predicted octanol–water partition coefficient (Wildman–Crippen LogP) is 4.25. The number of ether oxygens (including phenoxy) is 1. The Kier molecular flexibility index (Phi) is 3.62. The Morgan fingerprint density at radius 2 is 1.90 bits per heavy atom. The zero-order chi connectivity index (χ0) is 13.9. The minimum Gasteiger partial charge on any atom is -0.508 e. The molecule has 0 radical (unpaired) electrons. The monoisotopic (exact) mass is 304 g/mol. The van der Waals surface area contributed by atoms with Crippen LogP contribution in [0.25, 0.3) is 0 Å². The molecular weight excluding hydrogens is 296 g/mol. The van der Waals surface area contributed by atoms with Crippen LogP contribution in [0.4, 0.5) is 5.69 Å². The lowest BCUT2D eigenvalue weighted by atomic mass is 10.3. The number of fused-ring (bicyclic) bond motifs is 1. The number of halogens is 1. The lowest BCUT2D eigenvalue weighted by molar-refractivity contribution is 0.473. The molecule has 0 atom stereocenters. The Hall–Kier alpha value is -1.98. The number of hydrogen-bond donors (Lipinski definition) is 1. The van der Waals surface area contributed by atoms with Crippen LogP contribution in [0.15, 0.2) is 56.8 Å². The number of nitrogens with zero attached hydrogens (tertiary/aromatic N) is 2. The van der Waals surface area contributed by atoms with Crippen molar-refractivity contribution in [3.8, 4) is 11.5 Å². The van der Waals surface area contributed by atoms with Gasteiger partial charge in [-0.3, -0.25) is 0 Å². The summed E-state index contributed by atoms with van der Waals surface area (Å²) in [6.07, 6.45) is 1.55. The molecule has 0 unspecified atom stereocenters. The summed E-state index contributed by atoms with van der Waals surface area (Å²) in [7, 11) is 0. The van der Waals surface area contributed by atoms with Crippen LogP contribution in [0.5, 0.6) is 11.5 Å². The third-order valence-electron chi connectivity index (χ3n) is 2.52. The molecule has 0 aromatic heterocycles. The van der Waals surface area contributed by atoms with E-state index in [1.807, 2.05) is 6.07 Å². The molecule has 1 aliphatic rings. The van der Waals surface area contributed by atoms with E-state index in [0.717, 1.165) is 4.90 Å². The van der Waals surface area contributed by atoms with Gasteiger partial charge in [0, 0.05) is 17.0 Å². The average molecular weight is 305 g/mol. The van der Waals surface area contributed by atoms with Gasteiger partial charge in [-0.2, -0.15) is 0 Å². The first kappa shape index (κ1) is 13.0. The molecule has 100 valence electrons. The summed E-state index contributed by atoms with van der Waals surface area (Å²) in [5.74, 6) is 1.12. The van der Waals surface area contributed by atoms with Crippen molar-refractivity contribution in [1.82, 2.24) is 0 Å². The normalized spacial score (nSPS) is 13.3. The number of benzene rings is 2. The van der Waals surface area contributed by atoms with Gasteiger partial charge in [0.15, 0.2) is 0 Å². The molecule has 0 fully saturated rings. The lowest BCUT2D eigenvalue weighted by Crippen LogP contribution is -2.08. The van der Waals surface area contributed by atoms with Gasteiger partial charge in [0.1, 0.15) is 11.5 Å². The molecule has 2 aromatic carbocycles. The first-order valence-electron chi connectivity index (χ1n) is 5.76. The summed E-state index contributed by atoms with van der Waals surface area (Å²) in [4.78, 5) is 5.31. The molecule has 1 N–H and O–H groups in total. The van der Waals surface area contributed by atoms with Crippen LogP contribution in [-0.4, -0.2) is 17.2 Å². The molecule has 20 heavy (non-hydrogen) atoms. The van der Waals surface area contributed by atoms with Crippen LogP contribution < -0.4 is 4.74 Å². The molecular formula is C14H9ClN2O2S. The fraction of sp³-hybridized carbons (Fsp3) is 0. The first-order valence-corrected chi connectivity index (χ1v) is 6.91. The van der Waals surface area contributed by atoms with Crippen molar-refractivity contribution in [1.29, 1.82) is 0 Å². The number of aliphatic imine (C=N–C) groups is 1. The van der Waals surface area contributed by atoms with Crippen LogP contribution in [0, 0.1) is 0 Å². The summed E-state index contributed by atoms with van der Waals surface area (Å²) in [6, 6.07) is 11.8. The fourth-order valence-corrected chi connectivity index (χ4v) is 2.36. The van der Waals surface area contributed by atoms with Gasteiger partial charge in [-0.1, -0.05) is 11.6 Å². The van der Waals surface area contributed by atoms with E-state index in [9.17, 15) is 5.11 Å². The van der Waals surface area contributed by atoms with E-state index < -0.39 is 0 Å². The Morgan fingerprint density at radius 3 is 2.70 bits per heavy atom. The lowest BCUT2D eigenvalue weighted by Gasteiger charge is -2.04. The fourth-order valence-electron chi connectivity index (χ4n) is 1.61. The molecule has 0 amide bonds. The van der Waals surface area contributed by atoms with Gasteiger partial charge in [0.25, 0.3) is 0 Å². The van der Waals surface area contributed by atoms with Crippen LogP contribution in [0.2, 0.25) is 5.02 Å². The van der Waals surface area contributed by atoms with Crippen molar-refractivity contribution in [2.75, 3.05) is 0 Å². The number of phenolic OH excluding ortho intramolecular Hbond substituents is 1. The third kappa shape index (κ3) is 2.95. The van der Waals surface area contributed by atoms with Crippen molar-refractivity contribution in [3.05, 3.63) is 47.5 Å². The van der Waals surface area contributed by atoms with Gasteiger partial charge < -0.3 is 9.84 Å². The van der Waals surface area contributed by atoms with Gasteiger partial charge in [-0.05, 0) is 42.5 Å². The highest BCUT2D eigenvalue weighted by atomic mass is 35.5. The van der Waals surface area contributed by atoms with Crippen molar-refractivity contribution in [2.24, 2.45) is 9.39 Å². The smallest absolute Gasteiger partial charge is 0.239 e. The quantitative estimate of drug-likeness (QED) is 0.801. The summed E-state index contributed by atoms with van der Waals surface area (Å²) < 4.78 is 9.80. The van der Waals surface area contributed by atoms with E-state index in [4.69, 9.17) is 16.3 Å². The zero-order valence-electron chi connectivity index (χ0n) is 10.2. The molecule has 2 aromatic rings. The number of phenols is 1. The Balaban J connectivity index is 1.91. The van der Waals surface area contributed by atoms with Crippen molar-refractivity contribution in [2.45, 2.75) is 4.90 Å². The van der Waals surface area contributed by atoms with E-state index >= 15 is 0 Å². The topological polar surface area (TPSA) is 54.2 Å². The van der Waals surface area contributed by atoms with Crippen molar-refractivity contribution in [3.63, 3.8) is 0 Å². The highest BCUT2D eigenvalue weighted by Gasteiger charge is 2.10. The molecule has 0 saturated heterocycles. The Morgan fingerprint density at radius 1 is 1.10 bits per heavy atom. The molecule has 0 aliphatic carbocycles. The molecule has 0 spiro atoms. The second-order valence-corrected chi connectivity index (χ2v) is 5.25. The Labute approximate surface area is 124 Å². The van der Waals surface area contributed by atoms with Crippen LogP contribution in [0.3, 0.4) is 0 Å². The predicted molar refractivity (Wildman–Crippen MR) is 81.6 cm³/mol. The SMILES string of the molecule is Oc1ccc(OC2=Nc3cc(Cl)ccc3SN=C2)cc1. The maximum absolute atomic E-state index is 9.24. The third-order valence-corrected chi connectivity index (χ3v) is 3.51. The molecule has 0 saturated carbocycles. The molecule has 1 aliphatic heterocycles. The summed E-state index contributed by atoms with van der Waals surface area (Å²) in [5, 5.41) is 9.85. The number of rotatable bonds is 1. The first-order chi connectivity index (χ1) is 9.70. The van der Waals surface area contributed by atoms with E-state index in [0.29, 0.717) is 22.4 Å².